The third-order valence-electron chi connectivity index (χ3n) is 6.49. The Morgan fingerprint density at radius 2 is 1.70 bits per heavy atom. The van der Waals surface area contributed by atoms with Gasteiger partial charge in [0.1, 0.15) is 0 Å². The minimum Gasteiger partial charge on any atom is -0.475 e. The number of urea groups is 1. The second-order valence-electron chi connectivity index (χ2n) is 8.46. The molecule has 4 heterocycles. The van der Waals surface area contributed by atoms with Crippen molar-refractivity contribution in [2.24, 2.45) is 0 Å². The van der Waals surface area contributed by atoms with Gasteiger partial charge in [0.25, 0.3) is 0 Å². The quantitative estimate of drug-likeness (QED) is 0.654. The predicted molar refractivity (Wildman–Crippen MR) is 119 cm³/mol. The number of thiazole rings is 1. The normalized spacial score (nSPS) is 19.3. The first kappa shape index (κ1) is 23.3. The van der Waals surface area contributed by atoms with Crippen LogP contribution in [0, 0.1) is 0 Å². The van der Waals surface area contributed by atoms with Crippen molar-refractivity contribution in [2.45, 2.75) is 37.3 Å². The molecule has 0 bridgehead atoms. The van der Waals surface area contributed by atoms with Crippen LogP contribution in [0.1, 0.15) is 31.2 Å². The van der Waals surface area contributed by atoms with Crippen LogP contribution in [0.15, 0.2) is 35.8 Å². The number of amides is 2. The summed E-state index contributed by atoms with van der Waals surface area (Å²) >= 11 is 1.71. The summed E-state index contributed by atoms with van der Waals surface area (Å²) in [5.74, 6) is -2.76. The van der Waals surface area contributed by atoms with E-state index in [9.17, 15) is 18.0 Å². The van der Waals surface area contributed by atoms with Gasteiger partial charge >= 0.3 is 18.2 Å². The number of carbonyl (C=O) groups excluding carboxylic acids is 1. The van der Waals surface area contributed by atoms with Gasteiger partial charge in [-0.3, -0.25) is 4.90 Å². The highest BCUT2D eigenvalue weighted by atomic mass is 32.1. The zero-order valence-electron chi connectivity index (χ0n) is 17.9. The van der Waals surface area contributed by atoms with E-state index in [1.165, 1.54) is 5.56 Å². The lowest BCUT2D eigenvalue weighted by Crippen LogP contribution is -2.48. The summed E-state index contributed by atoms with van der Waals surface area (Å²) in [5, 5.41) is 10.3. The van der Waals surface area contributed by atoms with Gasteiger partial charge in [-0.25, -0.2) is 14.6 Å². The lowest BCUT2D eigenvalue weighted by atomic mass is 9.74. The molecular formula is C22H25F3N4O3S. The van der Waals surface area contributed by atoms with Gasteiger partial charge in [-0.1, -0.05) is 18.2 Å². The SMILES string of the molecule is O=C(N1CCCC1)N1CC2(CCN(c3nccs3)CC2)c2ccccc21.O=C(O)C(F)(F)F. The summed E-state index contributed by atoms with van der Waals surface area (Å²) in [6, 6.07) is 8.76. The number of aliphatic carboxylic acids is 1. The highest BCUT2D eigenvalue weighted by molar-refractivity contribution is 7.13. The van der Waals surface area contributed by atoms with Crippen molar-refractivity contribution >= 4 is 34.2 Å². The number of carbonyl (C=O) groups is 2. The third kappa shape index (κ3) is 4.78. The number of carboxylic acid groups (broad SMARTS) is 1. The number of hydrogen-bond donors (Lipinski definition) is 1. The summed E-state index contributed by atoms with van der Waals surface area (Å²) in [4.78, 5) is 33.0. The smallest absolute Gasteiger partial charge is 0.475 e. The molecule has 3 aliphatic rings. The third-order valence-corrected chi connectivity index (χ3v) is 7.32. The molecule has 0 atom stereocenters. The molecule has 178 valence electrons. The van der Waals surface area contributed by atoms with E-state index in [1.54, 1.807) is 11.3 Å². The van der Waals surface area contributed by atoms with Gasteiger partial charge in [-0.2, -0.15) is 13.2 Å². The number of alkyl halides is 3. The zero-order valence-corrected chi connectivity index (χ0v) is 18.7. The van der Waals surface area contributed by atoms with Gasteiger partial charge in [0.15, 0.2) is 5.13 Å². The molecule has 11 heteroatoms. The van der Waals surface area contributed by atoms with Crippen LogP contribution in [0.4, 0.5) is 28.8 Å². The summed E-state index contributed by atoms with van der Waals surface area (Å²) in [6.07, 6.45) is 1.22. The summed E-state index contributed by atoms with van der Waals surface area (Å²) in [7, 11) is 0. The topological polar surface area (TPSA) is 77.0 Å². The number of rotatable bonds is 1. The molecule has 2 fully saturated rings. The van der Waals surface area contributed by atoms with Gasteiger partial charge < -0.3 is 14.9 Å². The Hall–Kier alpha value is -2.82. The van der Waals surface area contributed by atoms with Crippen LogP contribution < -0.4 is 9.80 Å². The Morgan fingerprint density at radius 3 is 2.27 bits per heavy atom. The number of carboxylic acids is 1. The van der Waals surface area contributed by atoms with Crippen molar-refractivity contribution < 1.29 is 27.9 Å². The van der Waals surface area contributed by atoms with E-state index in [2.05, 4.69) is 39.0 Å². The molecule has 1 aromatic carbocycles. The number of hydrogen-bond acceptors (Lipinski definition) is 5. The van der Waals surface area contributed by atoms with Gasteiger partial charge in [-0.15, -0.1) is 11.3 Å². The number of benzene rings is 1. The molecular weight excluding hydrogens is 457 g/mol. The lowest BCUT2D eigenvalue weighted by Gasteiger charge is -2.40. The van der Waals surface area contributed by atoms with Gasteiger partial charge in [0.05, 0.1) is 0 Å². The van der Waals surface area contributed by atoms with Crippen molar-refractivity contribution in [3.05, 3.63) is 41.4 Å². The average Bonchev–Trinajstić information content (AvgIpc) is 3.56. The molecule has 0 unspecified atom stereocenters. The molecule has 2 aromatic rings. The molecule has 0 aliphatic carbocycles. The number of nitrogens with zero attached hydrogens (tertiary/aromatic N) is 4. The minimum absolute atomic E-state index is 0.0970. The Labute approximate surface area is 193 Å². The maximum Gasteiger partial charge on any atom is 0.490 e. The van der Waals surface area contributed by atoms with E-state index >= 15 is 0 Å². The number of likely N-dealkylation sites (tertiary alicyclic amines) is 1. The molecule has 0 saturated carbocycles. The van der Waals surface area contributed by atoms with Crippen molar-refractivity contribution in [3.63, 3.8) is 0 Å². The number of halogens is 3. The molecule has 1 N–H and O–H groups in total. The molecule has 1 aromatic heterocycles. The van der Waals surface area contributed by atoms with Crippen molar-refractivity contribution in [1.29, 1.82) is 0 Å². The second-order valence-corrected chi connectivity index (χ2v) is 9.34. The molecule has 2 saturated heterocycles. The summed E-state index contributed by atoms with van der Waals surface area (Å²) in [5.41, 5.74) is 2.60. The maximum absolute atomic E-state index is 13.1. The Morgan fingerprint density at radius 1 is 1.06 bits per heavy atom. The molecule has 1 spiro atoms. The van der Waals surface area contributed by atoms with Crippen LogP contribution in [0.5, 0.6) is 0 Å². The number of anilines is 2. The molecule has 33 heavy (non-hydrogen) atoms. The fourth-order valence-electron chi connectivity index (χ4n) is 4.81. The molecule has 2 amide bonds. The largest absolute Gasteiger partial charge is 0.490 e. The highest BCUT2D eigenvalue weighted by Crippen LogP contribution is 2.47. The van der Waals surface area contributed by atoms with E-state index in [4.69, 9.17) is 9.90 Å². The van der Waals surface area contributed by atoms with E-state index in [1.807, 2.05) is 16.5 Å². The highest BCUT2D eigenvalue weighted by Gasteiger charge is 2.47. The van der Waals surface area contributed by atoms with E-state index in [0.717, 1.165) is 69.2 Å². The predicted octanol–water partition coefficient (Wildman–Crippen LogP) is 4.35. The van der Waals surface area contributed by atoms with Gasteiger partial charge in [0, 0.05) is 55.4 Å². The summed E-state index contributed by atoms with van der Waals surface area (Å²) < 4.78 is 31.7. The number of aromatic nitrogens is 1. The first-order chi connectivity index (χ1) is 15.7. The van der Waals surface area contributed by atoms with E-state index in [0.29, 0.717) is 0 Å². The Kier molecular flexibility index (Phi) is 6.51. The monoisotopic (exact) mass is 482 g/mol. The molecule has 0 radical (unpaired) electrons. The number of piperidine rings is 1. The first-order valence-corrected chi connectivity index (χ1v) is 11.7. The maximum atomic E-state index is 13.1. The zero-order chi connectivity index (χ0) is 23.6. The van der Waals surface area contributed by atoms with Crippen molar-refractivity contribution in [2.75, 3.05) is 42.5 Å². The minimum atomic E-state index is -5.08. The van der Waals surface area contributed by atoms with Crippen molar-refractivity contribution in [3.8, 4) is 0 Å². The summed E-state index contributed by atoms with van der Waals surface area (Å²) in [6.45, 7) is 4.65. The molecule has 5 rings (SSSR count). The number of para-hydroxylation sites is 1. The fraction of sp³-hybridized carbons (Fsp3) is 0.500. The Bertz CT molecular complexity index is 985. The standard InChI is InChI=1S/C20H24N4OS.C2HF3O2/c25-19(23-10-3-4-11-23)24-15-20(16-5-1-2-6-17(16)24)7-12-22(13-8-20)18-21-9-14-26-18;3-2(4,5)1(6)7/h1-2,5-6,9,14H,3-4,7-8,10-13,15H2;(H,6,7). The van der Waals surface area contributed by atoms with Crippen LogP contribution in [0.25, 0.3) is 0 Å². The van der Waals surface area contributed by atoms with Crippen molar-refractivity contribution in [1.82, 2.24) is 9.88 Å². The average molecular weight is 483 g/mol. The van der Waals surface area contributed by atoms with Crippen LogP contribution >= 0.6 is 11.3 Å². The Balaban J connectivity index is 0.000000325. The van der Waals surface area contributed by atoms with E-state index < -0.39 is 12.1 Å². The lowest BCUT2D eigenvalue weighted by molar-refractivity contribution is -0.192. The van der Waals surface area contributed by atoms with Crippen LogP contribution in [0.3, 0.4) is 0 Å². The number of fused-ring (bicyclic) bond motifs is 2. The second kappa shape index (κ2) is 9.20. The van der Waals surface area contributed by atoms with Crippen LogP contribution in [0.2, 0.25) is 0 Å². The van der Waals surface area contributed by atoms with Crippen LogP contribution in [-0.2, 0) is 10.2 Å². The van der Waals surface area contributed by atoms with Gasteiger partial charge in [-0.05, 0) is 37.3 Å². The van der Waals surface area contributed by atoms with E-state index in [-0.39, 0.29) is 11.4 Å². The van der Waals surface area contributed by atoms with Crippen LogP contribution in [-0.4, -0.2) is 65.9 Å². The fourth-order valence-corrected chi connectivity index (χ4v) is 5.50. The molecule has 3 aliphatic heterocycles. The first-order valence-electron chi connectivity index (χ1n) is 10.8. The van der Waals surface area contributed by atoms with Gasteiger partial charge in [0.2, 0.25) is 0 Å². The molecule has 7 nitrogen and oxygen atoms in total.